The molecule has 1 aromatic carbocycles. The van der Waals surface area contributed by atoms with Crippen LogP contribution in [0.5, 0.6) is 0 Å². The number of halogens is 2. The number of aromatic nitrogens is 3. The number of rotatable bonds is 6. The van der Waals surface area contributed by atoms with Gasteiger partial charge in [-0.3, -0.25) is 9.48 Å². The number of alkyl halides is 1. The van der Waals surface area contributed by atoms with Crippen molar-refractivity contribution >= 4 is 34.4 Å². The lowest BCUT2D eigenvalue weighted by molar-refractivity contribution is -0.140. The molecule has 0 aliphatic carbocycles. The molecule has 7 nitrogen and oxygen atoms in total. The summed E-state index contributed by atoms with van der Waals surface area (Å²) in [5.41, 5.74) is 3.56. The van der Waals surface area contributed by atoms with Crippen molar-refractivity contribution < 1.29 is 23.5 Å². The maximum Gasteiger partial charge on any atom is 0.354 e. The quantitative estimate of drug-likeness (QED) is 0.436. The van der Waals surface area contributed by atoms with Crippen molar-refractivity contribution in [3.8, 4) is 11.1 Å². The van der Waals surface area contributed by atoms with E-state index in [0.29, 0.717) is 39.0 Å². The number of esters is 2. The van der Waals surface area contributed by atoms with Crippen LogP contribution >= 0.6 is 11.6 Å². The highest BCUT2D eigenvalue weighted by molar-refractivity contribution is 6.17. The van der Waals surface area contributed by atoms with Crippen LogP contribution in [0.3, 0.4) is 0 Å². The summed E-state index contributed by atoms with van der Waals surface area (Å²) in [7, 11) is 6.01. The Bertz CT molecular complexity index is 1150. The van der Waals surface area contributed by atoms with Gasteiger partial charge < -0.3 is 14.0 Å². The van der Waals surface area contributed by atoms with Crippen molar-refractivity contribution in [2.24, 2.45) is 14.1 Å². The summed E-state index contributed by atoms with van der Waals surface area (Å²) in [5.74, 6) is -1.29. The molecule has 0 radical (unpaired) electrons. The number of aryl methyl sites for hydroxylation is 4. The molecular formula is C21H23ClFN3O4. The van der Waals surface area contributed by atoms with Crippen molar-refractivity contribution in [1.29, 1.82) is 0 Å². The molecule has 3 aromatic rings. The fraction of sp³-hybridized carbons (Fsp3) is 0.381. The van der Waals surface area contributed by atoms with E-state index in [4.69, 9.17) is 21.1 Å². The second-order valence-electron chi connectivity index (χ2n) is 6.94. The van der Waals surface area contributed by atoms with Crippen molar-refractivity contribution in [2.45, 2.75) is 25.6 Å². The zero-order valence-electron chi connectivity index (χ0n) is 17.5. The standard InChI is InChI=1S/C21H23ClFN3O4/c1-11-17(15(10-22)26(3)24-11)18-14(23)8-6-12-13(7-9-16(27)29-4)20(21(28)30-5)25(2)19(12)18/h6,8H,7,9-10H2,1-5H3. The molecule has 0 spiro atoms. The van der Waals surface area contributed by atoms with Gasteiger partial charge in [-0.25, -0.2) is 9.18 Å². The largest absolute Gasteiger partial charge is 0.469 e. The van der Waals surface area contributed by atoms with E-state index >= 15 is 4.39 Å². The van der Waals surface area contributed by atoms with E-state index in [1.807, 2.05) is 0 Å². The van der Waals surface area contributed by atoms with Crippen LogP contribution in [-0.4, -0.2) is 40.5 Å². The Morgan fingerprint density at radius 2 is 1.87 bits per heavy atom. The van der Waals surface area contributed by atoms with Gasteiger partial charge in [0.05, 0.1) is 37.0 Å². The van der Waals surface area contributed by atoms with Gasteiger partial charge in [0.1, 0.15) is 11.5 Å². The molecule has 0 aliphatic rings. The summed E-state index contributed by atoms with van der Waals surface area (Å²) in [6.07, 6.45) is 0.319. The molecule has 3 rings (SSSR count). The third-order valence-electron chi connectivity index (χ3n) is 5.31. The highest BCUT2D eigenvalue weighted by atomic mass is 35.5. The van der Waals surface area contributed by atoms with E-state index in [2.05, 4.69) is 5.10 Å². The SMILES string of the molecule is COC(=O)CCc1c(C(=O)OC)n(C)c2c(-c3c(C)nn(C)c3CCl)c(F)ccc12. The first kappa shape index (κ1) is 21.8. The number of ether oxygens (including phenoxy) is 2. The van der Waals surface area contributed by atoms with Gasteiger partial charge in [0.25, 0.3) is 0 Å². The third-order valence-corrected chi connectivity index (χ3v) is 5.57. The van der Waals surface area contributed by atoms with E-state index in [1.54, 1.807) is 36.3 Å². The smallest absolute Gasteiger partial charge is 0.354 e. The fourth-order valence-corrected chi connectivity index (χ4v) is 4.27. The first-order chi connectivity index (χ1) is 14.3. The molecular weight excluding hydrogens is 413 g/mol. The van der Waals surface area contributed by atoms with E-state index in [9.17, 15) is 9.59 Å². The maximum atomic E-state index is 15.2. The number of carbonyl (C=O) groups excluding carboxylic acids is 2. The Morgan fingerprint density at radius 1 is 1.17 bits per heavy atom. The van der Waals surface area contributed by atoms with Crippen LogP contribution in [0.4, 0.5) is 4.39 Å². The summed E-state index contributed by atoms with van der Waals surface area (Å²) >= 11 is 6.14. The summed E-state index contributed by atoms with van der Waals surface area (Å²) < 4.78 is 28.1. The number of methoxy groups -OCH3 is 2. The van der Waals surface area contributed by atoms with Gasteiger partial charge in [-0.05, 0) is 31.0 Å². The van der Waals surface area contributed by atoms with E-state index in [-0.39, 0.29) is 24.4 Å². The Kier molecular flexibility index (Phi) is 6.17. The molecule has 9 heteroatoms. The molecule has 2 aromatic heterocycles. The highest BCUT2D eigenvalue weighted by Gasteiger charge is 2.28. The van der Waals surface area contributed by atoms with Gasteiger partial charge in [-0.2, -0.15) is 5.10 Å². The lowest BCUT2D eigenvalue weighted by Gasteiger charge is -2.10. The molecule has 0 bridgehead atoms. The van der Waals surface area contributed by atoms with Gasteiger partial charge in [0.15, 0.2) is 0 Å². The predicted octanol–water partition coefficient (Wildman–Crippen LogP) is 3.66. The molecule has 0 atom stereocenters. The van der Waals surface area contributed by atoms with Crippen molar-refractivity contribution in [3.63, 3.8) is 0 Å². The molecule has 0 unspecified atom stereocenters. The number of carbonyl (C=O) groups is 2. The fourth-order valence-electron chi connectivity index (χ4n) is 3.96. The molecule has 160 valence electrons. The molecule has 0 fully saturated rings. The molecule has 0 saturated heterocycles. The second kappa shape index (κ2) is 8.47. The number of benzene rings is 1. The van der Waals surface area contributed by atoms with Crippen molar-refractivity contribution in [1.82, 2.24) is 14.3 Å². The molecule has 0 saturated carbocycles. The summed E-state index contributed by atoms with van der Waals surface area (Å²) in [4.78, 5) is 24.3. The van der Waals surface area contributed by atoms with Crippen LogP contribution in [0.2, 0.25) is 0 Å². The molecule has 30 heavy (non-hydrogen) atoms. The third kappa shape index (κ3) is 3.45. The minimum absolute atomic E-state index is 0.0746. The van der Waals surface area contributed by atoms with Crippen LogP contribution in [0.1, 0.15) is 33.9 Å². The minimum atomic E-state index is -0.569. The van der Waals surface area contributed by atoms with Gasteiger partial charge in [0, 0.05) is 37.0 Å². The molecule has 2 heterocycles. The zero-order valence-corrected chi connectivity index (χ0v) is 18.3. The average Bonchev–Trinajstić information content (AvgIpc) is 3.17. The van der Waals surface area contributed by atoms with Crippen LogP contribution in [0, 0.1) is 12.7 Å². The highest BCUT2D eigenvalue weighted by Crippen LogP contribution is 2.39. The molecule has 0 aliphatic heterocycles. The summed E-state index contributed by atoms with van der Waals surface area (Å²) in [6, 6.07) is 2.96. The lowest BCUT2D eigenvalue weighted by atomic mass is 9.98. The number of hydrogen-bond acceptors (Lipinski definition) is 5. The Morgan fingerprint density at radius 3 is 2.47 bits per heavy atom. The zero-order chi connectivity index (χ0) is 22.2. The van der Waals surface area contributed by atoms with E-state index < -0.39 is 17.8 Å². The number of hydrogen-bond donors (Lipinski definition) is 0. The van der Waals surface area contributed by atoms with Crippen LogP contribution in [-0.2, 0) is 40.7 Å². The lowest BCUT2D eigenvalue weighted by Crippen LogP contribution is -2.11. The monoisotopic (exact) mass is 435 g/mol. The Hall–Kier alpha value is -2.87. The summed E-state index contributed by atoms with van der Waals surface area (Å²) in [5, 5.41) is 5.05. The van der Waals surface area contributed by atoms with Crippen LogP contribution in [0.25, 0.3) is 22.0 Å². The van der Waals surface area contributed by atoms with Crippen molar-refractivity contribution in [3.05, 3.63) is 40.6 Å². The van der Waals surface area contributed by atoms with Crippen LogP contribution < -0.4 is 0 Å². The van der Waals surface area contributed by atoms with Crippen molar-refractivity contribution in [2.75, 3.05) is 14.2 Å². The Labute approximate surface area is 178 Å². The number of fused-ring (bicyclic) bond motifs is 1. The Balaban J connectivity index is 2.39. The predicted molar refractivity (Wildman–Crippen MR) is 111 cm³/mol. The second-order valence-corrected chi connectivity index (χ2v) is 7.20. The first-order valence-electron chi connectivity index (χ1n) is 9.30. The minimum Gasteiger partial charge on any atom is -0.469 e. The maximum absolute atomic E-state index is 15.2. The van der Waals surface area contributed by atoms with E-state index in [1.165, 1.54) is 20.3 Å². The van der Waals surface area contributed by atoms with Gasteiger partial charge in [-0.1, -0.05) is 0 Å². The summed E-state index contributed by atoms with van der Waals surface area (Å²) in [6.45, 7) is 1.78. The first-order valence-corrected chi connectivity index (χ1v) is 9.83. The van der Waals surface area contributed by atoms with Crippen LogP contribution in [0.15, 0.2) is 12.1 Å². The van der Waals surface area contributed by atoms with Gasteiger partial charge in [-0.15, -0.1) is 11.6 Å². The number of nitrogens with zero attached hydrogens (tertiary/aromatic N) is 3. The topological polar surface area (TPSA) is 75.4 Å². The van der Waals surface area contributed by atoms with E-state index in [0.717, 1.165) is 0 Å². The molecule has 0 N–H and O–H groups in total. The van der Waals surface area contributed by atoms with Gasteiger partial charge >= 0.3 is 11.9 Å². The molecule has 0 amide bonds. The average molecular weight is 436 g/mol. The van der Waals surface area contributed by atoms with Gasteiger partial charge in [0.2, 0.25) is 0 Å². The normalized spacial score (nSPS) is 11.2.